The van der Waals surface area contributed by atoms with Gasteiger partial charge < -0.3 is 9.64 Å². The molecule has 1 aliphatic rings. The van der Waals surface area contributed by atoms with Crippen LogP contribution in [0.4, 0.5) is 0 Å². The molecule has 1 amide bonds. The van der Waals surface area contributed by atoms with Crippen LogP contribution in [0.15, 0.2) is 30.3 Å². The minimum Gasteiger partial charge on any atom is -0.370 e. The summed E-state index contributed by atoms with van der Waals surface area (Å²) in [5.41, 5.74) is 1.01. The van der Waals surface area contributed by atoms with Gasteiger partial charge >= 0.3 is 0 Å². The minimum atomic E-state index is -1.92. The van der Waals surface area contributed by atoms with E-state index in [1.807, 2.05) is 37.3 Å². The summed E-state index contributed by atoms with van der Waals surface area (Å²) >= 11 is 17.0. The second-order valence-corrected chi connectivity index (χ2v) is 6.72. The highest BCUT2D eigenvalue weighted by Crippen LogP contribution is 2.34. The van der Waals surface area contributed by atoms with Crippen molar-refractivity contribution in [3.8, 4) is 0 Å². The molecule has 6 heteroatoms. The van der Waals surface area contributed by atoms with E-state index in [4.69, 9.17) is 39.5 Å². The van der Waals surface area contributed by atoms with Gasteiger partial charge in [-0.25, -0.2) is 0 Å². The number of halogens is 3. The maximum Gasteiger partial charge on any atom is 0.275 e. The van der Waals surface area contributed by atoms with Crippen LogP contribution < -0.4 is 0 Å². The molecule has 1 saturated heterocycles. The molecule has 1 aromatic carbocycles. The van der Waals surface area contributed by atoms with Gasteiger partial charge in [0.1, 0.15) is 6.10 Å². The Labute approximate surface area is 127 Å². The summed E-state index contributed by atoms with van der Waals surface area (Å²) in [5.74, 6) is -0.505. The van der Waals surface area contributed by atoms with Crippen LogP contribution in [0.3, 0.4) is 0 Å². The molecule has 19 heavy (non-hydrogen) atoms. The Morgan fingerprint density at radius 1 is 1.32 bits per heavy atom. The highest BCUT2D eigenvalue weighted by molar-refractivity contribution is 6.76. The maximum atomic E-state index is 12.1. The van der Waals surface area contributed by atoms with Crippen molar-refractivity contribution in [1.82, 2.24) is 4.90 Å². The van der Waals surface area contributed by atoms with E-state index in [1.165, 1.54) is 0 Å². The van der Waals surface area contributed by atoms with Gasteiger partial charge in [-0.05, 0) is 12.5 Å². The number of alkyl halides is 3. The molecule has 2 atom stereocenters. The molecule has 0 saturated carbocycles. The summed E-state index contributed by atoms with van der Waals surface area (Å²) in [6, 6.07) is 9.54. The zero-order valence-electron chi connectivity index (χ0n) is 10.4. The number of nitrogens with zero attached hydrogens (tertiary/aromatic N) is 1. The normalized spacial score (nSPS) is 24.3. The van der Waals surface area contributed by atoms with Crippen LogP contribution in [-0.2, 0) is 9.53 Å². The number of carbonyl (C=O) groups excluding carboxylic acids is 1. The smallest absolute Gasteiger partial charge is 0.275 e. The van der Waals surface area contributed by atoms with E-state index in [0.29, 0.717) is 13.2 Å². The maximum absolute atomic E-state index is 12.1. The van der Waals surface area contributed by atoms with Gasteiger partial charge in [-0.2, -0.15) is 0 Å². The van der Waals surface area contributed by atoms with Gasteiger partial charge in [0.05, 0.1) is 12.6 Å². The first-order valence-corrected chi connectivity index (χ1v) is 7.09. The number of amides is 1. The van der Waals surface area contributed by atoms with E-state index < -0.39 is 9.70 Å². The number of morpholine rings is 1. The van der Waals surface area contributed by atoms with Crippen molar-refractivity contribution in [2.45, 2.75) is 22.9 Å². The zero-order valence-corrected chi connectivity index (χ0v) is 12.6. The Hall–Kier alpha value is -0.480. The zero-order chi connectivity index (χ0) is 14.0. The first-order chi connectivity index (χ1) is 8.91. The van der Waals surface area contributed by atoms with Crippen molar-refractivity contribution in [3.63, 3.8) is 0 Å². The molecular formula is C13H14Cl3NO2. The second-order valence-electron chi connectivity index (χ2n) is 4.44. The van der Waals surface area contributed by atoms with Crippen LogP contribution in [0, 0.1) is 0 Å². The summed E-state index contributed by atoms with van der Waals surface area (Å²) in [5, 5.41) is 0. The molecule has 104 valence electrons. The third kappa shape index (κ3) is 3.34. The summed E-state index contributed by atoms with van der Waals surface area (Å²) in [7, 11) is 0. The SMILES string of the molecule is C[C@@H]1[C@@H](c2ccccc2)OCCN1C(=O)C(Cl)(Cl)Cl. The number of rotatable bonds is 1. The third-order valence-corrected chi connectivity index (χ3v) is 3.68. The van der Waals surface area contributed by atoms with Gasteiger partial charge in [-0.1, -0.05) is 65.1 Å². The van der Waals surface area contributed by atoms with Gasteiger partial charge in [0, 0.05) is 6.54 Å². The topological polar surface area (TPSA) is 29.5 Å². The monoisotopic (exact) mass is 321 g/mol. The van der Waals surface area contributed by atoms with Crippen molar-refractivity contribution in [2.75, 3.05) is 13.2 Å². The van der Waals surface area contributed by atoms with Crippen LogP contribution in [0.2, 0.25) is 0 Å². The molecule has 0 N–H and O–H groups in total. The molecule has 3 nitrogen and oxygen atoms in total. The van der Waals surface area contributed by atoms with Gasteiger partial charge in [-0.3, -0.25) is 4.79 Å². The van der Waals surface area contributed by atoms with Crippen molar-refractivity contribution >= 4 is 40.7 Å². The van der Waals surface area contributed by atoms with E-state index >= 15 is 0 Å². The van der Waals surface area contributed by atoms with E-state index in [9.17, 15) is 4.79 Å². The van der Waals surface area contributed by atoms with Gasteiger partial charge in [-0.15, -0.1) is 0 Å². The van der Waals surface area contributed by atoms with Crippen LogP contribution in [-0.4, -0.2) is 33.8 Å². The molecule has 0 spiro atoms. The fraction of sp³-hybridized carbons (Fsp3) is 0.462. The lowest BCUT2D eigenvalue weighted by Crippen LogP contribution is -2.52. The molecule has 0 radical (unpaired) electrons. The van der Waals surface area contributed by atoms with Crippen LogP contribution in [0.1, 0.15) is 18.6 Å². The highest BCUT2D eigenvalue weighted by Gasteiger charge is 2.41. The lowest BCUT2D eigenvalue weighted by molar-refractivity contribution is -0.144. The Morgan fingerprint density at radius 3 is 2.53 bits per heavy atom. The highest BCUT2D eigenvalue weighted by atomic mass is 35.6. The van der Waals surface area contributed by atoms with Gasteiger partial charge in [0.15, 0.2) is 0 Å². The summed E-state index contributed by atoms with van der Waals surface area (Å²) in [6.07, 6.45) is -0.203. The summed E-state index contributed by atoms with van der Waals surface area (Å²) in [4.78, 5) is 13.6. The average molecular weight is 323 g/mol. The molecule has 0 aliphatic carbocycles. The molecule has 1 fully saturated rings. The molecule has 0 aromatic heterocycles. The predicted molar refractivity (Wildman–Crippen MR) is 76.6 cm³/mol. The lowest BCUT2D eigenvalue weighted by atomic mass is 10.0. The van der Waals surface area contributed by atoms with Crippen molar-refractivity contribution in [3.05, 3.63) is 35.9 Å². The third-order valence-electron chi connectivity index (χ3n) is 3.19. The molecule has 0 bridgehead atoms. The second kappa shape index (κ2) is 5.88. The molecule has 1 aliphatic heterocycles. The predicted octanol–water partition coefficient (Wildman–Crippen LogP) is 3.35. The molecule has 1 aromatic rings. The standard InChI is InChI=1S/C13H14Cl3NO2/c1-9-11(10-5-3-2-4-6-10)19-8-7-17(9)12(18)13(14,15)16/h2-6,9,11H,7-8H2,1H3/t9-,11+/m1/s1. The Balaban J connectivity index is 2.20. The average Bonchev–Trinajstić information content (AvgIpc) is 2.38. The fourth-order valence-electron chi connectivity index (χ4n) is 2.25. The number of hydrogen-bond donors (Lipinski definition) is 0. The number of carbonyl (C=O) groups is 1. The van der Waals surface area contributed by atoms with E-state index in [0.717, 1.165) is 5.56 Å². The number of ether oxygens (including phenoxy) is 1. The Morgan fingerprint density at radius 2 is 1.95 bits per heavy atom. The first-order valence-electron chi connectivity index (χ1n) is 5.95. The first kappa shape index (κ1) is 14.9. The van der Waals surface area contributed by atoms with Crippen molar-refractivity contribution in [2.24, 2.45) is 0 Å². The Kier molecular flexibility index (Phi) is 4.62. The van der Waals surface area contributed by atoms with E-state index in [1.54, 1.807) is 4.90 Å². The number of benzene rings is 1. The minimum absolute atomic E-state index is 0.181. The van der Waals surface area contributed by atoms with E-state index in [-0.39, 0.29) is 12.1 Å². The molecule has 2 rings (SSSR count). The molecular weight excluding hydrogens is 309 g/mol. The van der Waals surface area contributed by atoms with Crippen LogP contribution in [0.25, 0.3) is 0 Å². The van der Waals surface area contributed by atoms with E-state index in [2.05, 4.69) is 0 Å². The summed E-state index contributed by atoms with van der Waals surface area (Å²) < 4.78 is 3.82. The lowest BCUT2D eigenvalue weighted by Gasteiger charge is -2.40. The van der Waals surface area contributed by atoms with Crippen LogP contribution >= 0.6 is 34.8 Å². The number of hydrogen-bond acceptors (Lipinski definition) is 2. The Bertz CT molecular complexity index is 447. The van der Waals surface area contributed by atoms with Crippen molar-refractivity contribution < 1.29 is 9.53 Å². The quantitative estimate of drug-likeness (QED) is 0.742. The van der Waals surface area contributed by atoms with Crippen molar-refractivity contribution in [1.29, 1.82) is 0 Å². The van der Waals surface area contributed by atoms with Gasteiger partial charge in [0.25, 0.3) is 9.70 Å². The molecule has 1 heterocycles. The fourth-order valence-corrected chi connectivity index (χ4v) is 2.58. The molecule has 0 unspecified atom stereocenters. The largest absolute Gasteiger partial charge is 0.370 e. The van der Waals surface area contributed by atoms with Gasteiger partial charge in [0.2, 0.25) is 0 Å². The summed E-state index contributed by atoms with van der Waals surface area (Å²) in [6.45, 7) is 2.75. The van der Waals surface area contributed by atoms with Crippen LogP contribution in [0.5, 0.6) is 0 Å².